The minimum absolute atomic E-state index is 0.00322. The van der Waals surface area contributed by atoms with Crippen LogP contribution in [0.25, 0.3) is 11.1 Å². The molecule has 0 radical (unpaired) electrons. The van der Waals surface area contributed by atoms with Crippen LogP contribution in [0.2, 0.25) is 5.02 Å². The molecule has 2 aliphatic rings. The van der Waals surface area contributed by atoms with Crippen LogP contribution < -0.4 is 16.4 Å². The minimum atomic E-state index is -0.473. The fourth-order valence-electron chi connectivity index (χ4n) is 5.48. The Hall–Kier alpha value is -2.87. The molecule has 4 rings (SSSR count). The van der Waals surface area contributed by atoms with Crippen LogP contribution in [0.1, 0.15) is 75.5 Å². The number of carbonyl (C=O) groups is 3. The number of pyridine rings is 1. The molecule has 4 N–H and O–H groups in total. The van der Waals surface area contributed by atoms with Crippen molar-refractivity contribution in [3.05, 3.63) is 34.7 Å². The molecule has 1 saturated carbocycles. The highest BCUT2D eigenvalue weighted by molar-refractivity contribution is 6.33. The number of nitrogens with one attached hydrogen (secondary N) is 2. The summed E-state index contributed by atoms with van der Waals surface area (Å²) in [5.74, 6) is -0.195. The summed E-state index contributed by atoms with van der Waals surface area (Å²) in [5, 5.41) is 6.43. The van der Waals surface area contributed by atoms with Gasteiger partial charge < -0.3 is 20.9 Å². The van der Waals surface area contributed by atoms with Crippen LogP contribution in [0.3, 0.4) is 0 Å². The summed E-state index contributed by atoms with van der Waals surface area (Å²) >= 11 is 6.54. The smallest absolute Gasteiger partial charge is 0.265 e. The van der Waals surface area contributed by atoms with Crippen LogP contribution in [-0.2, 0) is 22.6 Å². The fourth-order valence-corrected chi connectivity index (χ4v) is 5.69. The van der Waals surface area contributed by atoms with Crippen molar-refractivity contribution in [2.75, 3.05) is 5.32 Å². The molecule has 1 fully saturated rings. The van der Waals surface area contributed by atoms with E-state index >= 15 is 0 Å². The highest BCUT2D eigenvalue weighted by atomic mass is 35.5. The van der Waals surface area contributed by atoms with Crippen LogP contribution in [0.4, 0.5) is 5.82 Å². The number of amides is 3. The first-order chi connectivity index (χ1) is 16.5. The zero-order valence-corrected chi connectivity index (χ0v) is 21.4. The van der Waals surface area contributed by atoms with E-state index in [0.29, 0.717) is 23.1 Å². The van der Waals surface area contributed by atoms with Gasteiger partial charge in [-0.1, -0.05) is 38.3 Å². The van der Waals surface area contributed by atoms with Gasteiger partial charge in [-0.25, -0.2) is 4.98 Å². The first-order valence-electron chi connectivity index (χ1n) is 12.3. The van der Waals surface area contributed by atoms with E-state index in [1.807, 2.05) is 4.57 Å². The molecule has 1 aliphatic carbocycles. The third-order valence-electron chi connectivity index (χ3n) is 7.08. The lowest BCUT2D eigenvalue weighted by atomic mass is 9.88. The average molecular weight is 500 g/mol. The molecule has 0 atom stereocenters. The number of nitrogens with zero attached hydrogens (tertiary/aromatic N) is 2. The molecule has 2 aromatic heterocycles. The summed E-state index contributed by atoms with van der Waals surface area (Å²) in [6.45, 7) is 6.56. The molecule has 3 heterocycles. The standard InChI is InChI=1S/C26H34ClN5O3/c1-15(33)30-17-8-4-6-16(7-5-9-17)25(35)31-23-11-18(20(27)13-29-23)19-10-21(24(28)34)32-14-26(2,3)12-22(19)32/h10-11,13,16-17H,4-9,12,14H2,1-3H3,(H2,28,34)(H,30,33)(H,29,31,35). The van der Waals surface area contributed by atoms with Crippen molar-refractivity contribution < 1.29 is 14.4 Å². The van der Waals surface area contributed by atoms with E-state index in [0.717, 1.165) is 61.8 Å². The highest BCUT2D eigenvalue weighted by Gasteiger charge is 2.34. The Kier molecular flexibility index (Phi) is 7.22. The number of rotatable bonds is 5. The number of hydrogen-bond acceptors (Lipinski definition) is 4. The quantitative estimate of drug-likeness (QED) is 0.568. The largest absolute Gasteiger partial charge is 0.364 e. The van der Waals surface area contributed by atoms with Crippen molar-refractivity contribution in [1.82, 2.24) is 14.9 Å². The summed E-state index contributed by atoms with van der Waals surface area (Å²) in [4.78, 5) is 40.9. The molecule has 2 aromatic rings. The second-order valence-corrected chi connectivity index (χ2v) is 11.1. The zero-order valence-electron chi connectivity index (χ0n) is 20.6. The second kappa shape index (κ2) is 10.0. The lowest BCUT2D eigenvalue weighted by Crippen LogP contribution is -2.34. The van der Waals surface area contributed by atoms with Crippen molar-refractivity contribution in [1.29, 1.82) is 0 Å². The molecule has 35 heavy (non-hydrogen) atoms. The summed E-state index contributed by atoms with van der Waals surface area (Å²) < 4.78 is 1.98. The molecular weight excluding hydrogens is 466 g/mol. The van der Waals surface area contributed by atoms with Crippen molar-refractivity contribution in [2.45, 2.75) is 78.3 Å². The number of hydrogen-bond donors (Lipinski definition) is 3. The maximum absolute atomic E-state index is 13.1. The van der Waals surface area contributed by atoms with Gasteiger partial charge in [0.15, 0.2) is 0 Å². The Bertz CT molecular complexity index is 1150. The normalized spacial score (nSPS) is 21.5. The first-order valence-corrected chi connectivity index (χ1v) is 12.7. The Balaban J connectivity index is 1.51. The number of anilines is 1. The third kappa shape index (κ3) is 5.69. The average Bonchev–Trinajstić information content (AvgIpc) is 3.23. The van der Waals surface area contributed by atoms with Crippen molar-refractivity contribution in [3.8, 4) is 11.1 Å². The predicted octanol–water partition coefficient (Wildman–Crippen LogP) is 4.30. The zero-order chi connectivity index (χ0) is 25.3. The van der Waals surface area contributed by atoms with E-state index in [1.165, 1.54) is 6.20 Å². The Morgan fingerprint density at radius 1 is 1.11 bits per heavy atom. The van der Waals surface area contributed by atoms with E-state index in [2.05, 4.69) is 29.5 Å². The highest BCUT2D eigenvalue weighted by Crippen LogP contribution is 2.42. The number of primary amides is 1. The van der Waals surface area contributed by atoms with E-state index in [9.17, 15) is 14.4 Å². The number of carbonyl (C=O) groups excluding carboxylic acids is 3. The number of nitrogens with two attached hydrogens (primary N) is 1. The van der Waals surface area contributed by atoms with Gasteiger partial charge in [0.25, 0.3) is 5.91 Å². The van der Waals surface area contributed by atoms with Crippen molar-refractivity contribution >= 4 is 35.1 Å². The number of aromatic nitrogens is 2. The summed E-state index contributed by atoms with van der Waals surface area (Å²) in [7, 11) is 0. The van der Waals surface area contributed by atoms with Gasteiger partial charge in [0.05, 0.1) is 5.02 Å². The van der Waals surface area contributed by atoms with Gasteiger partial charge in [-0.15, -0.1) is 0 Å². The first kappa shape index (κ1) is 25.2. The molecule has 1 aliphatic heterocycles. The maximum atomic E-state index is 13.1. The lowest BCUT2D eigenvalue weighted by molar-refractivity contribution is -0.121. The van der Waals surface area contributed by atoms with Crippen LogP contribution in [0.5, 0.6) is 0 Å². The van der Waals surface area contributed by atoms with Gasteiger partial charge in [0.1, 0.15) is 11.5 Å². The number of fused-ring (bicyclic) bond motifs is 1. The van der Waals surface area contributed by atoms with Gasteiger partial charge in [-0.2, -0.15) is 0 Å². The Morgan fingerprint density at radius 2 is 1.80 bits per heavy atom. The predicted molar refractivity (Wildman–Crippen MR) is 136 cm³/mol. The third-order valence-corrected chi connectivity index (χ3v) is 7.38. The van der Waals surface area contributed by atoms with E-state index in [4.69, 9.17) is 17.3 Å². The topological polar surface area (TPSA) is 119 Å². The van der Waals surface area contributed by atoms with Gasteiger partial charge in [0.2, 0.25) is 11.8 Å². The van der Waals surface area contributed by atoms with Gasteiger partial charge >= 0.3 is 0 Å². The SMILES string of the molecule is CC(=O)NC1CCCC(C(=O)Nc2cc(-c3cc(C(N)=O)n4c3CC(C)(C)C4)c(Cl)cn2)CCC1. The van der Waals surface area contributed by atoms with Crippen LogP contribution in [0, 0.1) is 11.3 Å². The molecule has 8 nitrogen and oxygen atoms in total. The molecule has 188 valence electrons. The van der Waals surface area contributed by atoms with Gasteiger partial charge in [-0.3, -0.25) is 14.4 Å². The lowest BCUT2D eigenvalue weighted by Gasteiger charge is -2.24. The van der Waals surface area contributed by atoms with Crippen LogP contribution >= 0.6 is 11.6 Å². The molecule has 0 saturated heterocycles. The summed E-state index contributed by atoms with van der Waals surface area (Å²) in [6.07, 6.45) is 7.39. The molecule has 0 aromatic carbocycles. The number of halogens is 1. The fraction of sp³-hybridized carbons (Fsp3) is 0.538. The van der Waals surface area contributed by atoms with Gasteiger partial charge in [-0.05, 0) is 49.7 Å². The van der Waals surface area contributed by atoms with Crippen LogP contribution in [0.15, 0.2) is 18.3 Å². The van der Waals surface area contributed by atoms with E-state index < -0.39 is 5.91 Å². The Labute approximate surface area is 211 Å². The van der Waals surface area contributed by atoms with E-state index in [1.54, 1.807) is 19.1 Å². The van der Waals surface area contributed by atoms with E-state index in [-0.39, 0.29) is 29.2 Å². The molecule has 0 unspecified atom stereocenters. The molecule has 0 bridgehead atoms. The van der Waals surface area contributed by atoms with Gasteiger partial charge in [0, 0.05) is 48.4 Å². The molecule has 0 spiro atoms. The minimum Gasteiger partial charge on any atom is -0.364 e. The Morgan fingerprint density at radius 3 is 2.43 bits per heavy atom. The van der Waals surface area contributed by atoms with Crippen LogP contribution in [-0.4, -0.2) is 33.3 Å². The monoisotopic (exact) mass is 499 g/mol. The second-order valence-electron chi connectivity index (χ2n) is 10.7. The summed E-state index contributed by atoms with van der Waals surface area (Å²) in [6, 6.07) is 3.76. The van der Waals surface area contributed by atoms with Crippen molar-refractivity contribution in [3.63, 3.8) is 0 Å². The van der Waals surface area contributed by atoms with Crippen molar-refractivity contribution in [2.24, 2.45) is 17.1 Å². The summed E-state index contributed by atoms with van der Waals surface area (Å²) in [5.41, 5.74) is 8.71. The molecule has 9 heteroatoms. The maximum Gasteiger partial charge on any atom is 0.265 e. The molecular formula is C26H34ClN5O3. The molecule has 3 amide bonds.